The number of aliphatic carboxylic acids is 1. The Balaban J connectivity index is 0.00000363. The summed E-state index contributed by atoms with van der Waals surface area (Å²) in [5.74, 6) is -1.72. The van der Waals surface area contributed by atoms with E-state index in [0.29, 0.717) is 16.8 Å². The number of rotatable bonds is 9. The Bertz CT molecular complexity index is 904. The normalized spacial score (nSPS) is 14.6. The van der Waals surface area contributed by atoms with Crippen molar-refractivity contribution in [3.8, 4) is 0 Å². The van der Waals surface area contributed by atoms with Crippen molar-refractivity contribution in [2.24, 2.45) is 0 Å². The van der Waals surface area contributed by atoms with Crippen molar-refractivity contribution in [2.75, 3.05) is 25.0 Å². The lowest BCUT2D eigenvalue weighted by Crippen LogP contribution is -2.34. The molecular formula is C23H28BrN3O5. The minimum Gasteiger partial charge on any atom is -0.481 e. The van der Waals surface area contributed by atoms with Gasteiger partial charge in [-0.25, -0.2) is 0 Å². The maximum Gasteiger partial charge on any atom is 0.305 e. The maximum absolute atomic E-state index is 12.7. The molecule has 3 rings (SSSR count). The third kappa shape index (κ3) is 8.07. The number of hydrogen-bond acceptors (Lipinski definition) is 5. The lowest BCUT2D eigenvalue weighted by molar-refractivity contribution is -0.137. The molecule has 8 nitrogen and oxygen atoms in total. The average Bonchev–Trinajstić information content (AvgIpc) is 2.78. The van der Waals surface area contributed by atoms with Crippen molar-refractivity contribution in [3.63, 3.8) is 0 Å². The maximum atomic E-state index is 12.7. The largest absolute Gasteiger partial charge is 0.481 e. The molecular weight excluding hydrogens is 478 g/mol. The molecule has 0 spiro atoms. The number of benzene rings is 2. The van der Waals surface area contributed by atoms with Crippen LogP contribution in [0.15, 0.2) is 54.6 Å². The lowest BCUT2D eigenvalue weighted by Gasteiger charge is -2.22. The topological polar surface area (TPSA) is 117 Å². The number of ether oxygens (including phenoxy) is 1. The fraction of sp³-hybridized carbons (Fsp3) is 0.348. The van der Waals surface area contributed by atoms with E-state index in [9.17, 15) is 19.5 Å². The van der Waals surface area contributed by atoms with Gasteiger partial charge in [0.15, 0.2) is 0 Å². The molecule has 1 heterocycles. The number of nitrogens with one attached hydrogen (secondary N) is 3. The Hall–Kier alpha value is -2.75. The number of carboxylic acid groups (broad SMARTS) is 1. The molecule has 2 aromatic carbocycles. The third-order valence-corrected chi connectivity index (χ3v) is 5.03. The molecule has 1 fully saturated rings. The van der Waals surface area contributed by atoms with Crippen molar-refractivity contribution in [1.82, 2.24) is 10.6 Å². The summed E-state index contributed by atoms with van der Waals surface area (Å²) in [5, 5.41) is 18.0. The molecule has 1 aliphatic heterocycles. The Labute approximate surface area is 197 Å². The van der Waals surface area contributed by atoms with Crippen molar-refractivity contribution >= 4 is 40.5 Å². The fourth-order valence-electron chi connectivity index (χ4n) is 3.44. The summed E-state index contributed by atoms with van der Waals surface area (Å²) < 4.78 is 5.65. The van der Waals surface area contributed by atoms with Crippen LogP contribution in [0.2, 0.25) is 0 Å². The monoisotopic (exact) mass is 505 g/mol. The van der Waals surface area contributed by atoms with E-state index in [1.165, 1.54) is 0 Å². The van der Waals surface area contributed by atoms with Gasteiger partial charge in [-0.15, -0.1) is 17.0 Å². The predicted molar refractivity (Wildman–Crippen MR) is 126 cm³/mol. The van der Waals surface area contributed by atoms with Crippen LogP contribution in [0, 0.1) is 0 Å². The number of amides is 2. The molecule has 1 atom stereocenters. The van der Waals surface area contributed by atoms with E-state index in [1.807, 2.05) is 6.07 Å². The zero-order chi connectivity index (χ0) is 22.1. The summed E-state index contributed by atoms with van der Waals surface area (Å²) in [5.41, 5.74) is 1.50. The summed E-state index contributed by atoms with van der Waals surface area (Å²) >= 11 is 0. The smallest absolute Gasteiger partial charge is 0.305 e. The van der Waals surface area contributed by atoms with Gasteiger partial charge in [0.25, 0.3) is 5.91 Å². The summed E-state index contributed by atoms with van der Waals surface area (Å²) in [6.45, 7) is 1.72. The van der Waals surface area contributed by atoms with E-state index >= 15 is 0 Å². The van der Waals surface area contributed by atoms with Crippen LogP contribution in [0.4, 0.5) is 5.69 Å². The van der Waals surface area contributed by atoms with Crippen LogP contribution in [0.1, 0.15) is 41.2 Å². The highest BCUT2D eigenvalue weighted by Crippen LogP contribution is 2.18. The van der Waals surface area contributed by atoms with Crippen molar-refractivity contribution in [1.29, 1.82) is 0 Å². The first-order chi connectivity index (χ1) is 15.0. The summed E-state index contributed by atoms with van der Waals surface area (Å²) in [7, 11) is 0. The van der Waals surface area contributed by atoms with E-state index in [-0.39, 0.29) is 42.0 Å². The van der Waals surface area contributed by atoms with E-state index < -0.39 is 17.9 Å². The second-order valence-corrected chi connectivity index (χ2v) is 7.42. The van der Waals surface area contributed by atoms with Gasteiger partial charge in [-0.3, -0.25) is 14.4 Å². The van der Waals surface area contributed by atoms with Gasteiger partial charge in [0.05, 0.1) is 18.6 Å². The highest BCUT2D eigenvalue weighted by atomic mass is 79.9. The van der Waals surface area contributed by atoms with Crippen molar-refractivity contribution in [2.45, 2.75) is 31.4 Å². The van der Waals surface area contributed by atoms with Crippen LogP contribution in [0.3, 0.4) is 0 Å². The lowest BCUT2D eigenvalue weighted by atomic mass is 10.0. The molecule has 1 saturated heterocycles. The average molecular weight is 506 g/mol. The number of carbonyl (C=O) groups excluding carboxylic acids is 2. The van der Waals surface area contributed by atoms with E-state index in [0.717, 1.165) is 25.9 Å². The second-order valence-electron chi connectivity index (χ2n) is 7.42. The Kier molecular flexibility index (Phi) is 10.3. The highest BCUT2D eigenvalue weighted by Gasteiger charge is 2.19. The minimum absolute atomic E-state index is 0. The molecule has 4 N–H and O–H groups in total. The molecule has 2 aromatic rings. The minimum atomic E-state index is -1.01. The SMILES string of the molecule is Br.O=C(O)CC(NC(=O)c1cccc(NC(=O)COC2CCNCC2)c1)c1ccccc1. The van der Waals surface area contributed by atoms with Crippen LogP contribution >= 0.6 is 17.0 Å². The molecule has 32 heavy (non-hydrogen) atoms. The standard InChI is InChI=1S/C23H27N3O5.BrH/c27-21(15-31-19-9-11-24-12-10-19)25-18-8-4-7-17(13-18)23(30)26-20(14-22(28)29)16-5-2-1-3-6-16;/h1-8,13,19-20,24H,9-12,14-15H2,(H,25,27)(H,26,30)(H,28,29);1H. The van der Waals surface area contributed by atoms with Gasteiger partial charge in [0.2, 0.25) is 5.91 Å². The Morgan fingerprint density at radius 3 is 2.47 bits per heavy atom. The van der Waals surface area contributed by atoms with E-state index in [2.05, 4.69) is 16.0 Å². The number of anilines is 1. The van der Waals surface area contributed by atoms with Crippen LogP contribution < -0.4 is 16.0 Å². The van der Waals surface area contributed by atoms with Gasteiger partial charge in [-0.2, -0.15) is 0 Å². The summed E-state index contributed by atoms with van der Waals surface area (Å²) in [4.78, 5) is 36.2. The molecule has 0 aliphatic carbocycles. The molecule has 1 unspecified atom stereocenters. The van der Waals surface area contributed by atoms with Crippen molar-refractivity contribution in [3.05, 3.63) is 65.7 Å². The number of carboxylic acids is 1. The number of hydrogen-bond donors (Lipinski definition) is 4. The number of carbonyl (C=O) groups is 3. The zero-order valence-corrected chi connectivity index (χ0v) is 19.3. The summed E-state index contributed by atoms with van der Waals surface area (Å²) in [6.07, 6.45) is 1.59. The fourth-order valence-corrected chi connectivity index (χ4v) is 3.44. The molecule has 0 saturated carbocycles. The van der Waals surface area contributed by atoms with Crippen LogP contribution in [0.5, 0.6) is 0 Å². The Morgan fingerprint density at radius 1 is 1.06 bits per heavy atom. The van der Waals surface area contributed by atoms with Gasteiger partial charge in [0, 0.05) is 11.3 Å². The van der Waals surface area contributed by atoms with Gasteiger partial charge in [0.1, 0.15) is 6.61 Å². The zero-order valence-electron chi connectivity index (χ0n) is 17.6. The van der Waals surface area contributed by atoms with Gasteiger partial charge in [-0.05, 0) is 49.7 Å². The van der Waals surface area contributed by atoms with Crippen LogP contribution in [0.25, 0.3) is 0 Å². The first kappa shape index (κ1) is 25.5. The molecule has 9 heteroatoms. The van der Waals surface area contributed by atoms with Gasteiger partial charge in [-0.1, -0.05) is 36.4 Å². The predicted octanol–water partition coefficient (Wildman–Crippen LogP) is 2.92. The third-order valence-electron chi connectivity index (χ3n) is 5.03. The highest BCUT2D eigenvalue weighted by molar-refractivity contribution is 8.93. The molecule has 0 aromatic heterocycles. The quantitative estimate of drug-likeness (QED) is 0.416. The van der Waals surface area contributed by atoms with Crippen LogP contribution in [-0.2, 0) is 14.3 Å². The first-order valence-electron chi connectivity index (χ1n) is 10.3. The summed E-state index contributed by atoms with van der Waals surface area (Å²) in [6, 6.07) is 14.8. The molecule has 0 radical (unpaired) electrons. The molecule has 0 bridgehead atoms. The number of halogens is 1. The number of piperidine rings is 1. The first-order valence-corrected chi connectivity index (χ1v) is 10.3. The van der Waals surface area contributed by atoms with Crippen molar-refractivity contribution < 1.29 is 24.2 Å². The van der Waals surface area contributed by atoms with E-state index in [4.69, 9.17) is 4.74 Å². The Morgan fingerprint density at radius 2 is 1.78 bits per heavy atom. The van der Waals surface area contributed by atoms with Gasteiger partial charge >= 0.3 is 5.97 Å². The van der Waals surface area contributed by atoms with Crippen LogP contribution in [-0.4, -0.2) is 48.7 Å². The molecule has 172 valence electrons. The molecule has 2 amide bonds. The van der Waals surface area contributed by atoms with E-state index in [1.54, 1.807) is 48.5 Å². The second kappa shape index (κ2) is 12.9. The molecule has 1 aliphatic rings. The van der Waals surface area contributed by atoms with Gasteiger partial charge < -0.3 is 25.8 Å².